The zero-order chi connectivity index (χ0) is 11.0. The van der Waals surface area contributed by atoms with Crippen molar-refractivity contribution < 1.29 is 18.7 Å². The second-order valence-electron chi connectivity index (χ2n) is 2.83. The van der Waals surface area contributed by atoms with E-state index in [1.807, 2.05) is 0 Å². The highest BCUT2D eigenvalue weighted by Gasteiger charge is 2.16. The van der Waals surface area contributed by atoms with Crippen LogP contribution in [0.4, 0.5) is 8.78 Å². The maximum Gasteiger partial charge on any atom is 0.345 e. The molecule has 2 rings (SSSR count). The molecule has 6 heteroatoms. The van der Waals surface area contributed by atoms with E-state index in [1.54, 1.807) is 0 Å². The van der Waals surface area contributed by atoms with Gasteiger partial charge in [0.25, 0.3) is 6.43 Å². The molecule has 3 nitrogen and oxygen atoms in total. The third-order valence-corrected chi connectivity index (χ3v) is 3.05. The molecule has 2 aromatic rings. The maximum absolute atomic E-state index is 12.5. The van der Waals surface area contributed by atoms with E-state index in [0.717, 1.165) is 11.3 Å². The summed E-state index contributed by atoms with van der Waals surface area (Å²) in [6, 6.07) is 2.50. The Morgan fingerprint density at radius 3 is 2.87 bits per heavy atom. The summed E-state index contributed by atoms with van der Waals surface area (Å²) in [6.45, 7) is 0. The van der Waals surface area contributed by atoms with Gasteiger partial charge in [-0.25, -0.2) is 13.6 Å². The van der Waals surface area contributed by atoms with Gasteiger partial charge < -0.3 is 5.11 Å². The SMILES string of the molecule is O=C(O)c1cc2nccc(C(F)F)c2s1. The summed E-state index contributed by atoms with van der Waals surface area (Å²) < 4.78 is 25.3. The molecule has 0 aliphatic heterocycles. The fraction of sp³-hybridized carbons (Fsp3) is 0.111. The summed E-state index contributed by atoms with van der Waals surface area (Å²) in [5.74, 6) is -1.13. The minimum absolute atomic E-state index is 0.0191. The van der Waals surface area contributed by atoms with E-state index < -0.39 is 12.4 Å². The summed E-state index contributed by atoms with van der Waals surface area (Å²) in [7, 11) is 0. The lowest BCUT2D eigenvalue weighted by molar-refractivity contribution is 0.0702. The van der Waals surface area contributed by atoms with Crippen LogP contribution in [0.3, 0.4) is 0 Å². The van der Waals surface area contributed by atoms with Gasteiger partial charge in [0.1, 0.15) is 4.88 Å². The topological polar surface area (TPSA) is 50.2 Å². The van der Waals surface area contributed by atoms with Crippen molar-refractivity contribution in [3.05, 3.63) is 28.8 Å². The van der Waals surface area contributed by atoms with E-state index in [0.29, 0.717) is 5.52 Å². The lowest BCUT2D eigenvalue weighted by Crippen LogP contribution is -1.89. The molecule has 0 radical (unpaired) electrons. The lowest BCUT2D eigenvalue weighted by atomic mass is 10.2. The van der Waals surface area contributed by atoms with Crippen LogP contribution in [-0.4, -0.2) is 16.1 Å². The number of carbonyl (C=O) groups is 1. The third-order valence-electron chi connectivity index (χ3n) is 1.89. The monoisotopic (exact) mass is 229 g/mol. The van der Waals surface area contributed by atoms with Crippen LogP contribution in [0, 0.1) is 0 Å². The number of aromatic carboxylic acids is 1. The van der Waals surface area contributed by atoms with Gasteiger partial charge in [0.05, 0.1) is 10.2 Å². The van der Waals surface area contributed by atoms with Crippen molar-refractivity contribution >= 4 is 27.5 Å². The molecule has 0 atom stereocenters. The van der Waals surface area contributed by atoms with Crippen LogP contribution in [0.2, 0.25) is 0 Å². The standard InChI is InChI=1S/C9H5F2NO2S/c10-8(11)4-1-2-12-5-3-6(9(13)14)15-7(4)5/h1-3,8H,(H,13,14). The Bertz CT molecular complexity index is 524. The zero-order valence-electron chi connectivity index (χ0n) is 7.28. The Morgan fingerprint density at radius 2 is 2.27 bits per heavy atom. The molecule has 0 aromatic carbocycles. The summed E-state index contributed by atoms with van der Waals surface area (Å²) >= 11 is 0.818. The van der Waals surface area contributed by atoms with Crippen LogP contribution >= 0.6 is 11.3 Å². The number of nitrogens with zero attached hydrogens (tertiary/aromatic N) is 1. The summed E-state index contributed by atoms with van der Waals surface area (Å²) in [4.78, 5) is 14.5. The van der Waals surface area contributed by atoms with E-state index in [2.05, 4.69) is 4.98 Å². The van der Waals surface area contributed by atoms with Gasteiger partial charge >= 0.3 is 5.97 Å². The van der Waals surface area contributed by atoms with Gasteiger partial charge in [-0.3, -0.25) is 4.98 Å². The lowest BCUT2D eigenvalue weighted by Gasteiger charge is -1.98. The fourth-order valence-electron chi connectivity index (χ4n) is 1.23. The molecule has 0 fully saturated rings. The molecule has 0 aliphatic carbocycles. The first-order valence-corrected chi connectivity index (χ1v) is 4.81. The number of fused-ring (bicyclic) bond motifs is 1. The van der Waals surface area contributed by atoms with Gasteiger partial charge in [-0.15, -0.1) is 11.3 Å². The number of hydrogen-bond donors (Lipinski definition) is 1. The number of carboxylic acids is 1. The predicted octanol–water partition coefficient (Wildman–Crippen LogP) is 2.93. The number of hydrogen-bond acceptors (Lipinski definition) is 3. The first-order valence-electron chi connectivity index (χ1n) is 3.99. The van der Waals surface area contributed by atoms with Crippen LogP contribution in [-0.2, 0) is 0 Å². The van der Waals surface area contributed by atoms with Crippen LogP contribution in [0.15, 0.2) is 18.3 Å². The molecule has 0 spiro atoms. The number of pyridine rings is 1. The van der Waals surface area contributed by atoms with E-state index in [-0.39, 0.29) is 15.1 Å². The highest BCUT2D eigenvalue weighted by molar-refractivity contribution is 7.20. The van der Waals surface area contributed by atoms with Gasteiger partial charge in [0.15, 0.2) is 0 Å². The first-order chi connectivity index (χ1) is 7.09. The van der Waals surface area contributed by atoms with Crippen molar-refractivity contribution in [3.8, 4) is 0 Å². The van der Waals surface area contributed by atoms with Crippen LogP contribution in [0.5, 0.6) is 0 Å². The Hall–Kier alpha value is -1.56. The predicted molar refractivity (Wildman–Crippen MR) is 51.5 cm³/mol. The average Bonchev–Trinajstić information content (AvgIpc) is 2.60. The van der Waals surface area contributed by atoms with Gasteiger partial charge in [0, 0.05) is 11.8 Å². The van der Waals surface area contributed by atoms with Gasteiger partial charge in [0.2, 0.25) is 0 Å². The average molecular weight is 229 g/mol. The van der Waals surface area contributed by atoms with Crippen molar-refractivity contribution in [2.45, 2.75) is 6.43 Å². The quantitative estimate of drug-likeness (QED) is 0.861. The molecule has 0 bridgehead atoms. The van der Waals surface area contributed by atoms with E-state index >= 15 is 0 Å². The third kappa shape index (κ3) is 1.68. The van der Waals surface area contributed by atoms with Crippen LogP contribution in [0.1, 0.15) is 21.7 Å². The van der Waals surface area contributed by atoms with E-state index in [4.69, 9.17) is 5.11 Å². The highest BCUT2D eigenvalue weighted by Crippen LogP contribution is 2.32. The van der Waals surface area contributed by atoms with Crippen LogP contribution < -0.4 is 0 Å². The number of halogens is 2. The van der Waals surface area contributed by atoms with Crippen molar-refractivity contribution in [3.63, 3.8) is 0 Å². The molecule has 1 N–H and O–H groups in total. The van der Waals surface area contributed by atoms with Crippen molar-refractivity contribution in [1.29, 1.82) is 0 Å². The van der Waals surface area contributed by atoms with E-state index in [9.17, 15) is 13.6 Å². The molecule has 15 heavy (non-hydrogen) atoms. The second kappa shape index (κ2) is 3.54. The zero-order valence-corrected chi connectivity index (χ0v) is 8.09. The highest BCUT2D eigenvalue weighted by atomic mass is 32.1. The number of thiophene rings is 1. The smallest absolute Gasteiger partial charge is 0.345 e. The molecular weight excluding hydrogens is 224 g/mol. The number of aromatic nitrogens is 1. The molecule has 0 unspecified atom stereocenters. The number of rotatable bonds is 2. The van der Waals surface area contributed by atoms with E-state index in [1.165, 1.54) is 18.3 Å². The number of carboxylic acid groups (broad SMARTS) is 1. The normalized spacial score (nSPS) is 11.1. The molecule has 0 aliphatic rings. The van der Waals surface area contributed by atoms with Gasteiger partial charge in [-0.2, -0.15) is 0 Å². The van der Waals surface area contributed by atoms with Gasteiger partial charge in [-0.1, -0.05) is 0 Å². The Labute approximate surface area is 87.0 Å². The largest absolute Gasteiger partial charge is 0.477 e. The molecular formula is C9H5F2NO2S. The van der Waals surface area contributed by atoms with Crippen LogP contribution in [0.25, 0.3) is 10.2 Å². The van der Waals surface area contributed by atoms with Crippen molar-refractivity contribution in [1.82, 2.24) is 4.98 Å². The Kier molecular flexibility index (Phi) is 2.36. The Balaban J connectivity index is 2.69. The minimum Gasteiger partial charge on any atom is -0.477 e. The molecule has 0 amide bonds. The van der Waals surface area contributed by atoms with Crippen molar-refractivity contribution in [2.75, 3.05) is 0 Å². The molecule has 2 aromatic heterocycles. The molecule has 2 heterocycles. The number of alkyl halides is 2. The minimum atomic E-state index is -2.62. The summed E-state index contributed by atoms with van der Waals surface area (Å²) in [6.07, 6.45) is -1.36. The Morgan fingerprint density at radius 1 is 1.53 bits per heavy atom. The maximum atomic E-state index is 12.5. The van der Waals surface area contributed by atoms with Gasteiger partial charge in [-0.05, 0) is 12.1 Å². The molecule has 78 valence electrons. The van der Waals surface area contributed by atoms with Crippen molar-refractivity contribution in [2.24, 2.45) is 0 Å². The fourth-order valence-corrected chi connectivity index (χ4v) is 2.20. The molecule has 0 saturated carbocycles. The summed E-state index contributed by atoms with van der Waals surface area (Å²) in [5, 5.41) is 8.71. The molecule has 0 saturated heterocycles. The second-order valence-corrected chi connectivity index (χ2v) is 3.88. The summed E-state index contributed by atoms with van der Waals surface area (Å²) in [5.41, 5.74) is 0.132. The first kappa shape index (κ1) is 9.97.